The second-order valence-corrected chi connectivity index (χ2v) is 6.71. The molecule has 6 heteroatoms. The van der Waals surface area contributed by atoms with Crippen molar-refractivity contribution in [3.63, 3.8) is 0 Å². The molecule has 0 unspecified atom stereocenters. The third kappa shape index (κ3) is 5.14. The Kier molecular flexibility index (Phi) is 6.69. The first-order chi connectivity index (χ1) is 12.8. The number of benzene rings is 1. The molecule has 1 aliphatic heterocycles. The van der Waals surface area contributed by atoms with E-state index in [0.29, 0.717) is 22.6 Å². The zero-order chi connectivity index (χ0) is 20.0. The number of aliphatic hydroxyl groups excluding tert-OH is 1. The van der Waals surface area contributed by atoms with Gasteiger partial charge >= 0.3 is 5.97 Å². The molecular formula is C21H26O6. The normalized spacial score (nSPS) is 19.6. The zero-order valence-corrected chi connectivity index (χ0v) is 16.3. The van der Waals surface area contributed by atoms with E-state index >= 15 is 0 Å². The van der Waals surface area contributed by atoms with Gasteiger partial charge < -0.3 is 24.1 Å². The summed E-state index contributed by atoms with van der Waals surface area (Å²) in [4.78, 5) is 11.8. The number of hydrogen-bond donors (Lipinski definition) is 1. The van der Waals surface area contributed by atoms with Crippen molar-refractivity contribution in [1.29, 1.82) is 0 Å². The molecule has 0 spiro atoms. The number of allylic oxidation sites excluding steroid dienone is 2. The molecule has 0 saturated carbocycles. The zero-order valence-electron chi connectivity index (χ0n) is 16.3. The molecule has 0 amide bonds. The molecule has 1 aromatic carbocycles. The summed E-state index contributed by atoms with van der Waals surface area (Å²) in [7, 11) is 2.80. The average molecular weight is 374 g/mol. The van der Waals surface area contributed by atoms with Crippen molar-refractivity contribution in [1.82, 2.24) is 0 Å². The average Bonchev–Trinajstić information content (AvgIpc) is 2.74. The van der Waals surface area contributed by atoms with Crippen LogP contribution in [0.1, 0.15) is 26.3 Å². The molecule has 0 radical (unpaired) electrons. The first-order valence-electron chi connectivity index (χ1n) is 8.59. The summed E-state index contributed by atoms with van der Waals surface area (Å²) in [6.07, 6.45) is 6.12. The Morgan fingerprint density at radius 3 is 2.70 bits per heavy atom. The Labute approximate surface area is 159 Å². The van der Waals surface area contributed by atoms with Gasteiger partial charge in [-0.2, -0.15) is 0 Å². The van der Waals surface area contributed by atoms with Crippen molar-refractivity contribution in [3.8, 4) is 11.5 Å². The minimum Gasteiger partial charge on any atom is -0.503 e. The van der Waals surface area contributed by atoms with Gasteiger partial charge in [-0.1, -0.05) is 24.3 Å². The Hall–Kier alpha value is -2.73. The first kappa shape index (κ1) is 20.6. The molecule has 1 heterocycles. The maximum atomic E-state index is 11.8. The van der Waals surface area contributed by atoms with Crippen LogP contribution in [0.5, 0.6) is 11.5 Å². The predicted molar refractivity (Wildman–Crippen MR) is 103 cm³/mol. The summed E-state index contributed by atoms with van der Waals surface area (Å²) in [5.41, 5.74) is 1.20. The minimum absolute atomic E-state index is 0.180. The molecule has 27 heavy (non-hydrogen) atoms. The lowest BCUT2D eigenvalue weighted by molar-refractivity contribution is -0.135. The Balaban J connectivity index is 2.21. The maximum Gasteiger partial charge on any atom is 0.341 e. The number of ether oxygens (including phenoxy) is 4. The van der Waals surface area contributed by atoms with Gasteiger partial charge in [0.2, 0.25) is 0 Å². The highest BCUT2D eigenvalue weighted by Crippen LogP contribution is 2.35. The highest BCUT2D eigenvalue weighted by molar-refractivity contribution is 5.93. The number of aliphatic hydroxyl groups is 1. The third-order valence-electron chi connectivity index (χ3n) is 4.24. The molecule has 6 nitrogen and oxygen atoms in total. The fraction of sp³-hybridized carbons (Fsp3) is 0.381. The highest BCUT2D eigenvalue weighted by atomic mass is 16.6. The SMILES string of the molecule is CO\C=C(C(=O)OC)/C(C)=C\C=C\c1ccc2c(c1)OC(C)(C)[C@@H](O)CO2. The van der Waals surface area contributed by atoms with Crippen molar-refractivity contribution in [2.24, 2.45) is 0 Å². The topological polar surface area (TPSA) is 74.2 Å². The molecule has 0 aromatic heterocycles. The summed E-state index contributed by atoms with van der Waals surface area (Å²) in [6.45, 7) is 5.62. The second kappa shape index (κ2) is 8.77. The maximum absolute atomic E-state index is 11.8. The van der Waals surface area contributed by atoms with E-state index in [1.54, 1.807) is 13.0 Å². The van der Waals surface area contributed by atoms with E-state index in [-0.39, 0.29) is 6.61 Å². The fourth-order valence-corrected chi connectivity index (χ4v) is 2.47. The van der Waals surface area contributed by atoms with E-state index in [1.807, 2.05) is 44.2 Å². The van der Waals surface area contributed by atoms with Crippen molar-refractivity contribution < 1.29 is 28.8 Å². The van der Waals surface area contributed by atoms with E-state index in [0.717, 1.165) is 5.56 Å². The predicted octanol–water partition coefficient (Wildman–Crippen LogP) is 3.26. The Morgan fingerprint density at radius 1 is 1.30 bits per heavy atom. The van der Waals surface area contributed by atoms with Gasteiger partial charge in [0.25, 0.3) is 0 Å². The lowest BCUT2D eigenvalue weighted by atomic mass is 10.0. The van der Waals surface area contributed by atoms with E-state index in [2.05, 4.69) is 0 Å². The first-order valence-corrected chi connectivity index (χ1v) is 8.59. The van der Waals surface area contributed by atoms with Crippen LogP contribution in [0.2, 0.25) is 0 Å². The van der Waals surface area contributed by atoms with Gasteiger partial charge in [0.1, 0.15) is 18.3 Å². The van der Waals surface area contributed by atoms with Gasteiger partial charge in [-0.3, -0.25) is 0 Å². The summed E-state index contributed by atoms with van der Waals surface area (Å²) < 4.78 is 21.2. The summed E-state index contributed by atoms with van der Waals surface area (Å²) in [6, 6.07) is 5.55. The number of hydrogen-bond acceptors (Lipinski definition) is 6. The molecule has 2 rings (SSSR count). The van der Waals surface area contributed by atoms with Crippen LogP contribution in [0.3, 0.4) is 0 Å². The van der Waals surface area contributed by atoms with Crippen LogP contribution in [-0.2, 0) is 14.3 Å². The lowest BCUT2D eigenvalue weighted by Gasteiger charge is -2.28. The van der Waals surface area contributed by atoms with Crippen LogP contribution in [0.15, 0.2) is 47.8 Å². The van der Waals surface area contributed by atoms with Crippen molar-refractivity contribution in [2.75, 3.05) is 20.8 Å². The lowest BCUT2D eigenvalue weighted by Crippen LogP contribution is -2.43. The molecule has 0 saturated heterocycles. The minimum atomic E-state index is -0.746. The van der Waals surface area contributed by atoms with Gasteiger partial charge in [0.05, 0.1) is 26.1 Å². The molecular weight excluding hydrogens is 348 g/mol. The monoisotopic (exact) mass is 374 g/mol. The van der Waals surface area contributed by atoms with Crippen LogP contribution in [0.4, 0.5) is 0 Å². The molecule has 146 valence electrons. The van der Waals surface area contributed by atoms with Crippen LogP contribution >= 0.6 is 0 Å². The van der Waals surface area contributed by atoms with E-state index in [1.165, 1.54) is 20.5 Å². The molecule has 0 bridgehead atoms. The second-order valence-electron chi connectivity index (χ2n) is 6.71. The van der Waals surface area contributed by atoms with Crippen LogP contribution < -0.4 is 9.47 Å². The third-order valence-corrected chi connectivity index (χ3v) is 4.24. The van der Waals surface area contributed by atoms with Crippen molar-refractivity contribution in [2.45, 2.75) is 32.5 Å². The van der Waals surface area contributed by atoms with E-state index in [9.17, 15) is 9.90 Å². The Bertz CT molecular complexity index is 773. The number of rotatable bonds is 5. The molecule has 1 aliphatic rings. The molecule has 1 atom stereocenters. The van der Waals surface area contributed by atoms with Gasteiger partial charge in [-0.25, -0.2) is 4.79 Å². The number of methoxy groups -OCH3 is 2. The van der Waals surface area contributed by atoms with Crippen LogP contribution in [0, 0.1) is 0 Å². The number of carbonyl (C=O) groups is 1. The quantitative estimate of drug-likeness (QED) is 0.369. The van der Waals surface area contributed by atoms with Crippen molar-refractivity contribution >= 4 is 12.0 Å². The summed E-state index contributed by atoms with van der Waals surface area (Å²) >= 11 is 0. The Morgan fingerprint density at radius 2 is 2.04 bits per heavy atom. The highest BCUT2D eigenvalue weighted by Gasteiger charge is 2.34. The number of esters is 1. The van der Waals surface area contributed by atoms with Crippen LogP contribution in [0.25, 0.3) is 6.08 Å². The van der Waals surface area contributed by atoms with Gasteiger partial charge in [-0.05, 0) is 44.0 Å². The number of carbonyl (C=O) groups excluding carboxylic acids is 1. The van der Waals surface area contributed by atoms with Crippen LogP contribution in [-0.4, -0.2) is 43.6 Å². The van der Waals surface area contributed by atoms with Gasteiger partial charge in [0, 0.05) is 0 Å². The molecule has 0 fully saturated rings. The van der Waals surface area contributed by atoms with E-state index < -0.39 is 17.7 Å². The molecule has 1 aromatic rings. The standard InChI is InChI=1S/C21H26O6/c1-14(16(12-24-4)20(23)25-5)7-6-8-15-9-10-17-18(11-15)27-21(2,3)19(22)13-26-17/h6-12,19,22H,13H2,1-5H3/b8-6+,14-7-,16-12+/t19-/m0/s1. The fourth-order valence-electron chi connectivity index (χ4n) is 2.47. The molecule has 1 N–H and O–H groups in total. The van der Waals surface area contributed by atoms with E-state index in [4.69, 9.17) is 18.9 Å². The summed E-state index contributed by atoms with van der Waals surface area (Å²) in [5.74, 6) is 0.712. The van der Waals surface area contributed by atoms with Crippen molar-refractivity contribution in [3.05, 3.63) is 53.3 Å². The van der Waals surface area contributed by atoms with Gasteiger partial charge in [-0.15, -0.1) is 0 Å². The largest absolute Gasteiger partial charge is 0.503 e. The van der Waals surface area contributed by atoms with Gasteiger partial charge in [0.15, 0.2) is 11.5 Å². The molecule has 0 aliphatic carbocycles. The number of fused-ring (bicyclic) bond motifs is 1. The summed E-state index contributed by atoms with van der Waals surface area (Å²) in [5, 5.41) is 10.1. The smallest absolute Gasteiger partial charge is 0.341 e.